The zero-order valence-corrected chi connectivity index (χ0v) is 22.3. The van der Waals surface area contributed by atoms with Gasteiger partial charge in [-0.05, 0) is 51.8 Å². The van der Waals surface area contributed by atoms with Crippen molar-refractivity contribution >= 4 is 23.4 Å². The fraction of sp³-hybridized carbons (Fsp3) is 0.345. The predicted octanol–water partition coefficient (Wildman–Crippen LogP) is 4.66. The summed E-state index contributed by atoms with van der Waals surface area (Å²) in [6, 6.07) is 6.35. The van der Waals surface area contributed by atoms with E-state index in [-0.39, 0.29) is 11.7 Å². The zero-order chi connectivity index (χ0) is 27.8. The number of nitrogens with one attached hydrogen (secondary N) is 4. The van der Waals surface area contributed by atoms with E-state index in [0.29, 0.717) is 59.6 Å². The van der Waals surface area contributed by atoms with Gasteiger partial charge in [-0.25, -0.2) is 9.18 Å². The Morgan fingerprint density at radius 2 is 2.03 bits per heavy atom. The van der Waals surface area contributed by atoms with E-state index in [1.807, 2.05) is 0 Å². The lowest BCUT2D eigenvalue weighted by atomic mass is 10.0. The van der Waals surface area contributed by atoms with Crippen molar-refractivity contribution in [3.8, 4) is 28.8 Å². The Labute approximate surface area is 225 Å². The summed E-state index contributed by atoms with van der Waals surface area (Å²) in [5.74, 6) is 5.64. The molecule has 1 aliphatic heterocycles. The first kappa shape index (κ1) is 26.1. The first-order valence-electron chi connectivity index (χ1n) is 12.7. The monoisotopic (exact) mass is 531 g/mol. The molecule has 2 aliphatic rings. The van der Waals surface area contributed by atoms with Crippen molar-refractivity contribution < 1.29 is 23.5 Å². The largest absolute Gasteiger partial charge is 0.492 e. The molecule has 2 aromatic heterocycles. The van der Waals surface area contributed by atoms with Crippen LogP contribution in [0.25, 0.3) is 11.3 Å². The van der Waals surface area contributed by atoms with E-state index >= 15 is 0 Å². The van der Waals surface area contributed by atoms with Crippen LogP contribution in [0, 0.1) is 17.7 Å². The second-order valence-corrected chi connectivity index (χ2v) is 10.6. The van der Waals surface area contributed by atoms with Crippen LogP contribution in [0.2, 0.25) is 0 Å². The van der Waals surface area contributed by atoms with Gasteiger partial charge < -0.3 is 30.4 Å². The van der Waals surface area contributed by atoms with Gasteiger partial charge in [-0.2, -0.15) is 0 Å². The molecule has 0 atom stereocenters. The molecule has 1 fully saturated rings. The van der Waals surface area contributed by atoms with Crippen LogP contribution in [0.15, 0.2) is 36.7 Å². The van der Waals surface area contributed by atoms with Gasteiger partial charge in [-0.1, -0.05) is 17.9 Å². The fourth-order valence-electron chi connectivity index (χ4n) is 4.46. The van der Waals surface area contributed by atoms with Gasteiger partial charge in [0.05, 0.1) is 35.3 Å². The first-order chi connectivity index (χ1) is 18.6. The van der Waals surface area contributed by atoms with Crippen LogP contribution in [0.5, 0.6) is 5.75 Å². The van der Waals surface area contributed by atoms with Gasteiger partial charge in [-0.15, -0.1) is 0 Å². The molecule has 0 radical (unpaired) electrons. The minimum absolute atomic E-state index is 0.0354. The minimum atomic E-state index is -0.666. The summed E-state index contributed by atoms with van der Waals surface area (Å²) >= 11 is 0. The molecule has 2 amide bonds. The summed E-state index contributed by atoms with van der Waals surface area (Å²) in [5, 5.41) is 8.99. The van der Waals surface area contributed by atoms with Gasteiger partial charge in [-0.3, -0.25) is 9.78 Å². The third kappa shape index (κ3) is 5.53. The molecular weight excluding hydrogens is 501 g/mol. The molecule has 9 nitrogen and oxygen atoms in total. The number of hydrogen-bond acceptors (Lipinski definition) is 6. The fourth-order valence-corrected chi connectivity index (χ4v) is 4.46. The zero-order valence-electron chi connectivity index (χ0n) is 22.3. The van der Waals surface area contributed by atoms with Gasteiger partial charge in [0, 0.05) is 36.6 Å². The summed E-state index contributed by atoms with van der Waals surface area (Å²) in [4.78, 5) is 32.9. The van der Waals surface area contributed by atoms with E-state index in [9.17, 15) is 14.0 Å². The van der Waals surface area contributed by atoms with Crippen molar-refractivity contribution in [1.29, 1.82) is 0 Å². The number of para-hydroxylation sites is 1. The highest BCUT2D eigenvalue weighted by Crippen LogP contribution is 2.40. The molecule has 10 heteroatoms. The highest BCUT2D eigenvalue weighted by Gasteiger charge is 2.43. The van der Waals surface area contributed by atoms with Gasteiger partial charge in [0.2, 0.25) is 0 Å². The number of amides is 2. The summed E-state index contributed by atoms with van der Waals surface area (Å²) < 4.78 is 25.1. The van der Waals surface area contributed by atoms with E-state index < -0.39 is 23.1 Å². The molecule has 1 aromatic carbocycles. The lowest BCUT2D eigenvalue weighted by molar-refractivity contribution is 0.0510. The Balaban J connectivity index is 1.54. The van der Waals surface area contributed by atoms with Crippen molar-refractivity contribution in [2.24, 2.45) is 0 Å². The van der Waals surface area contributed by atoms with Crippen molar-refractivity contribution in [2.75, 3.05) is 19.0 Å². The van der Waals surface area contributed by atoms with Crippen molar-refractivity contribution in [2.45, 2.75) is 51.2 Å². The number of halogens is 1. The summed E-state index contributed by atoms with van der Waals surface area (Å²) in [6.45, 7) is 5.92. The van der Waals surface area contributed by atoms with Crippen molar-refractivity contribution in [3.63, 3.8) is 0 Å². The Morgan fingerprint density at radius 1 is 1.23 bits per heavy atom. The Morgan fingerprint density at radius 3 is 2.74 bits per heavy atom. The molecule has 5 rings (SSSR count). The van der Waals surface area contributed by atoms with Gasteiger partial charge >= 0.3 is 6.09 Å². The van der Waals surface area contributed by atoms with E-state index in [2.05, 4.69) is 37.8 Å². The lowest BCUT2D eigenvalue weighted by Gasteiger charge is -2.21. The highest BCUT2D eigenvalue weighted by molar-refractivity contribution is 6.06. The molecule has 0 unspecified atom stereocenters. The normalized spacial score (nSPS) is 15.3. The number of pyridine rings is 1. The third-order valence-corrected chi connectivity index (χ3v) is 6.41. The number of methoxy groups -OCH3 is 1. The molecular formula is C29H30FN5O4. The maximum atomic E-state index is 14.5. The SMILES string of the molecule is COc1c(F)cccc1Nc1c(-c2ccncc2C#CC2(NC(=O)OC(C)(C)C)CC2)[nH]c2c1C(=O)NCC2. The molecule has 0 saturated heterocycles. The van der Waals surface area contributed by atoms with Crippen LogP contribution in [0.1, 0.15) is 55.2 Å². The van der Waals surface area contributed by atoms with E-state index in [1.54, 1.807) is 51.4 Å². The molecule has 4 N–H and O–H groups in total. The van der Waals surface area contributed by atoms with E-state index in [0.717, 1.165) is 5.69 Å². The van der Waals surface area contributed by atoms with Crippen molar-refractivity contribution in [1.82, 2.24) is 20.6 Å². The van der Waals surface area contributed by atoms with Gasteiger partial charge in [0.15, 0.2) is 11.6 Å². The maximum Gasteiger partial charge on any atom is 0.408 e. The molecule has 0 spiro atoms. The van der Waals surface area contributed by atoms with Gasteiger partial charge in [0.25, 0.3) is 5.91 Å². The second-order valence-electron chi connectivity index (χ2n) is 10.6. The van der Waals surface area contributed by atoms with Crippen LogP contribution in [-0.2, 0) is 11.2 Å². The van der Waals surface area contributed by atoms with E-state index in [1.165, 1.54) is 13.2 Å². The number of H-pyrrole nitrogens is 1. The number of rotatable bonds is 5. The number of nitrogens with zero attached hydrogens (tertiary/aromatic N) is 1. The topological polar surface area (TPSA) is 117 Å². The van der Waals surface area contributed by atoms with Crippen LogP contribution >= 0.6 is 0 Å². The average Bonchev–Trinajstić information content (AvgIpc) is 3.53. The van der Waals surface area contributed by atoms with Crippen LogP contribution in [0.4, 0.5) is 20.6 Å². The molecule has 0 bridgehead atoms. The standard InChI is InChI=1S/C29H30FN5O4/c1-28(2,3)39-27(37)35-29(12-13-29)11-8-17-16-31-14-9-18(17)23-24(22-20(33-23)10-15-32-26(22)36)34-21-7-5-6-19(30)25(21)38-4/h5-7,9,14,16,33-34H,10,12-13,15H2,1-4H3,(H,32,36)(H,35,37). The summed E-state index contributed by atoms with van der Waals surface area (Å²) in [7, 11) is 1.39. The summed E-state index contributed by atoms with van der Waals surface area (Å²) in [6.07, 6.45) is 4.78. The molecule has 1 saturated carbocycles. The van der Waals surface area contributed by atoms with Crippen LogP contribution < -0.4 is 20.7 Å². The molecule has 3 aromatic rings. The number of carbonyl (C=O) groups is 2. The number of alkyl carbamates (subject to hydrolysis) is 1. The Bertz CT molecular complexity index is 1510. The third-order valence-electron chi connectivity index (χ3n) is 6.41. The predicted molar refractivity (Wildman–Crippen MR) is 145 cm³/mol. The highest BCUT2D eigenvalue weighted by atomic mass is 19.1. The second kappa shape index (κ2) is 9.98. The first-order valence-corrected chi connectivity index (χ1v) is 12.7. The lowest BCUT2D eigenvalue weighted by Crippen LogP contribution is -2.39. The van der Waals surface area contributed by atoms with Crippen LogP contribution in [-0.4, -0.2) is 46.8 Å². The Kier molecular flexibility index (Phi) is 6.68. The average molecular weight is 532 g/mol. The van der Waals surface area contributed by atoms with Crippen molar-refractivity contribution in [3.05, 3.63) is 59.3 Å². The summed E-state index contributed by atoms with van der Waals surface area (Å²) in [5.41, 5.74) is 2.69. The molecule has 202 valence electrons. The Hall–Kier alpha value is -4.52. The molecule has 1 aliphatic carbocycles. The van der Waals surface area contributed by atoms with Crippen LogP contribution in [0.3, 0.4) is 0 Å². The number of fused-ring (bicyclic) bond motifs is 1. The smallest absolute Gasteiger partial charge is 0.408 e. The van der Waals surface area contributed by atoms with Gasteiger partial charge in [0.1, 0.15) is 11.1 Å². The maximum absolute atomic E-state index is 14.5. The minimum Gasteiger partial charge on any atom is -0.492 e. The number of anilines is 2. The number of hydrogen-bond donors (Lipinski definition) is 4. The number of ether oxygens (including phenoxy) is 2. The number of aromatic nitrogens is 2. The number of benzene rings is 1. The van der Waals surface area contributed by atoms with E-state index in [4.69, 9.17) is 9.47 Å². The molecule has 3 heterocycles. The molecule has 39 heavy (non-hydrogen) atoms. The quantitative estimate of drug-likeness (QED) is 0.356. The number of aromatic amines is 1. The number of carbonyl (C=O) groups excluding carboxylic acids is 2.